The predicted molar refractivity (Wildman–Crippen MR) is 77.8 cm³/mol. The summed E-state index contributed by atoms with van der Waals surface area (Å²) < 4.78 is 12.9. The topological polar surface area (TPSA) is 55.0 Å². The van der Waals surface area contributed by atoms with E-state index >= 15 is 0 Å². The van der Waals surface area contributed by atoms with Crippen LogP contribution >= 0.6 is 0 Å². The molecule has 0 aliphatic heterocycles. The van der Waals surface area contributed by atoms with Crippen molar-refractivity contribution in [1.82, 2.24) is 14.9 Å². The lowest BCUT2D eigenvalue weighted by Gasteiger charge is -2.28. The van der Waals surface area contributed by atoms with E-state index in [-0.39, 0.29) is 6.04 Å². The van der Waals surface area contributed by atoms with E-state index in [1.807, 2.05) is 43.3 Å². The Morgan fingerprint density at radius 2 is 1.90 bits per heavy atom. The van der Waals surface area contributed by atoms with Crippen LogP contribution in [0.15, 0.2) is 42.9 Å². The molecule has 0 amide bonds. The number of nitrogens with two attached hydrogens (primary N) is 1. The summed E-state index contributed by atoms with van der Waals surface area (Å²) in [7, 11) is 3.80. The molecule has 0 aliphatic rings. The van der Waals surface area contributed by atoms with Crippen LogP contribution in [0.3, 0.4) is 0 Å². The van der Waals surface area contributed by atoms with Gasteiger partial charge in [0.1, 0.15) is 6.67 Å². The van der Waals surface area contributed by atoms with Crippen LogP contribution < -0.4 is 5.73 Å². The molecular formula is C15H19FN4. The quantitative estimate of drug-likeness (QED) is 0.906. The highest BCUT2D eigenvalue weighted by Crippen LogP contribution is 2.24. The van der Waals surface area contributed by atoms with E-state index in [4.69, 9.17) is 5.73 Å². The molecule has 2 rings (SSSR count). The lowest BCUT2D eigenvalue weighted by Crippen LogP contribution is -2.38. The average Bonchev–Trinajstić information content (AvgIpc) is 2.48. The Morgan fingerprint density at radius 3 is 2.40 bits per heavy atom. The fraction of sp³-hybridized carbons (Fsp3) is 0.333. The predicted octanol–water partition coefficient (Wildman–Crippen LogP) is 2.04. The zero-order valence-electron chi connectivity index (χ0n) is 11.7. The van der Waals surface area contributed by atoms with Crippen molar-refractivity contribution in [1.29, 1.82) is 0 Å². The zero-order valence-corrected chi connectivity index (χ0v) is 11.7. The Kier molecular flexibility index (Phi) is 4.76. The summed E-state index contributed by atoms with van der Waals surface area (Å²) in [5.74, 6) is 0. The minimum absolute atomic E-state index is 0.143. The van der Waals surface area contributed by atoms with Crippen LogP contribution in [0, 0.1) is 0 Å². The molecule has 106 valence electrons. The lowest BCUT2D eigenvalue weighted by atomic mass is 9.98. The number of likely N-dealkylation sites (N-methyl/N-ethyl adjacent to an activating group) is 1. The maximum atomic E-state index is 12.9. The fourth-order valence-corrected chi connectivity index (χ4v) is 2.31. The molecule has 2 atom stereocenters. The first-order chi connectivity index (χ1) is 9.63. The fourth-order valence-electron chi connectivity index (χ4n) is 2.31. The van der Waals surface area contributed by atoms with Gasteiger partial charge in [0.05, 0.1) is 24.0 Å². The average molecular weight is 274 g/mol. The molecule has 20 heavy (non-hydrogen) atoms. The smallest absolute Gasteiger partial charge is 0.106 e. The number of aromatic nitrogens is 2. The van der Waals surface area contributed by atoms with Crippen molar-refractivity contribution in [2.24, 2.45) is 5.73 Å². The van der Waals surface area contributed by atoms with Crippen molar-refractivity contribution >= 4 is 0 Å². The second kappa shape index (κ2) is 6.54. The minimum atomic E-state index is -0.547. The molecule has 0 bridgehead atoms. The van der Waals surface area contributed by atoms with E-state index in [2.05, 4.69) is 9.97 Å². The highest BCUT2D eigenvalue weighted by Gasteiger charge is 2.21. The molecule has 5 heteroatoms. The Bertz CT molecular complexity index is 527. The Hall–Kier alpha value is -1.85. The van der Waals surface area contributed by atoms with E-state index in [0.717, 1.165) is 16.8 Å². The molecule has 1 aromatic heterocycles. The number of hydrogen-bond donors (Lipinski definition) is 1. The van der Waals surface area contributed by atoms with Gasteiger partial charge in [-0.25, -0.2) is 4.39 Å². The van der Waals surface area contributed by atoms with Crippen LogP contribution in [0.2, 0.25) is 0 Å². The van der Waals surface area contributed by atoms with E-state index in [9.17, 15) is 4.39 Å². The first-order valence-corrected chi connectivity index (χ1v) is 6.48. The number of alkyl halides is 1. The van der Waals surface area contributed by atoms with Gasteiger partial charge in [-0.15, -0.1) is 0 Å². The summed E-state index contributed by atoms with van der Waals surface area (Å²) in [6, 6.07) is 7.17. The molecule has 4 nitrogen and oxygen atoms in total. The van der Waals surface area contributed by atoms with Gasteiger partial charge in [-0.05, 0) is 19.7 Å². The van der Waals surface area contributed by atoms with E-state index in [1.54, 1.807) is 18.6 Å². The zero-order chi connectivity index (χ0) is 14.5. The summed E-state index contributed by atoms with van der Waals surface area (Å²) >= 11 is 0. The van der Waals surface area contributed by atoms with E-state index in [1.165, 1.54) is 0 Å². The van der Waals surface area contributed by atoms with Crippen molar-refractivity contribution in [3.05, 3.63) is 48.4 Å². The Labute approximate surface area is 118 Å². The molecule has 0 saturated heterocycles. The third-order valence-corrected chi connectivity index (χ3v) is 3.25. The number of halogens is 1. The molecule has 1 unspecified atom stereocenters. The Balaban J connectivity index is 2.27. The van der Waals surface area contributed by atoms with Gasteiger partial charge in [-0.3, -0.25) is 9.97 Å². The number of rotatable bonds is 5. The van der Waals surface area contributed by atoms with Crippen molar-refractivity contribution in [3.63, 3.8) is 0 Å². The molecule has 2 N–H and O–H groups in total. The van der Waals surface area contributed by atoms with Crippen LogP contribution in [0.1, 0.15) is 11.6 Å². The molecule has 0 radical (unpaired) electrons. The van der Waals surface area contributed by atoms with Gasteiger partial charge in [0.25, 0.3) is 0 Å². The molecule has 0 saturated carbocycles. The molecule has 0 aliphatic carbocycles. The summed E-state index contributed by atoms with van der Waals surface area (Å²) in [5, 5.41) is 0. The minimum Gasteiger partial charge on any atom is -0.324 e. The summed E-state index contributed by atoms with van der Waals surface area (Å²) in [6.45, 7) is -0.547. The van der Waals surface area contributed by atoms with Gasteiger partial charge in [0.15, 0.2) is 0 Å². The lowest BCUT2D eigenvalue weighted by molar-refractivity contribution is 0.230. The van der Waals surface area contributed by atoms with Gasteiger partial charge in [0.2, 0.25) is 0 Å². The van der Waals surface area contributed by atoms with Crippen LogP contribution in [-0.2, 0) is 0 Å². The largest absolute Gasteiger partial charge is 0.324 e. The third kappa shape index (κ3) is 3.18. The maximum Gasteiger partial charge on any atom is 0.106 e. The van der Waals surface area contributed by atoms with E-state index in [0.29, 0.717) is 0 Å². The van der Waals surface area contributed by atoms with Crippen molar-refractivity contribution in [2.75, 3.05) is 20.8 Å². The van der Waals surface area contributed by atoms with Crippen molar-refractivity contribution < 1.29 is 4.39 Å². The molecule has 2 aromatic rings. The molecule has 0 fully saturated rings. The van der Waals surface area contributed by atoms with Gasteiger partial charge >= 0.3 is 0 Å². The molecular weight excluding hydrogens is 255 g/mol. The third-order valence-electron chi connectivity index (χ3n) is 3.25. The molecule has 1 heterocycles. The molecule has 0 spiro atoms. The van der Waals surface area contributed by atoms with Crippen LogP contribution in [0.4, 0.5) is 4.39 Å². The SMILES string of the molecule is CN(C)C(c1ccc(-c2cnccn2)cc1)[C@H](N)CF. The van der Waals surface area contributed by atoms with E-state index < -0.39 is 12.7 Å². The second-order valence-corrected chi connectivity index (χ2v) is 4.94. The first-order valence-electron chi connectivity index (χ1n) is 6.48. The highest BCUT2D eigenvalue weighted by molar-refractivity contribution is 5.58. The summed E-state index contributed by atoms with van der Waals surface area (Å²) in [5.41, 5.74) is 8.65. The normalized spacial score (nSPS) is 14.2. The van der Waals surface area contributed by atoms with Crippen LogP contribution in [0.5, 0.6) is 0 Å². The van der Waals surface area contributed by atoms with Gasteiger partial charge < -0.3 is 10.6 Å². The number of hydrogen-bond acceptors (Lipinski definition) is 4. The van der Waals surface area contributed by atoms with Crippen LogP contribution in [0.25, 0.3) is 11.3 Å². The molecule has 1 aromatic carbocycles. The van der Waals surface area contributed by atoms with Crippen molar-refractivity contribution in [3.8, 4) is 11.3 Å². The van der Waals surface area contributed by atoms with Gasteiger partial charge in [-0.1, -0.05) is 24.3 Å². The summed E-state index contributed by atoms with van der Waals surface area (Å²) in [4.78, 5) is 10.2. The highest BCUT2D eigenvalue weighted by atomic mass is 19.1. The first kappa shape index (κ1) is 14.6. The number of benzene rings is 1. The van der Waals surface area contributed by atoms with Crippen molar-refractivity contribution in [2.45, 2.75) is 12.1 Å². The second-order valence-electron chi connectivity index (χ2n) is 4.94. The monoisotopic (exact) mass is 274 g/mol. The van der Waals surface area contributed by atoms with Gasteiger partial charge in [0, 0.05) is 18.0 Å². The Morgan fingerprint density at radius 1 is 1.20 bits per heavy atom. The van der Waals surface area contributed by atoms with Gasteiger partial charge in [-0.2, -0.15) is 0 Å². The number of nitrogens with zero attached hydrogens (tertiary/aromatic N) is 3. The standard InChI is InChI=1S/C15H19FN4/c1-20(2)15(13(17)9-16)12-5-3-11(4-6-12)14-10-18-7-8-19-14/h3-8,10,13,15H,9,17H2,1-2H3/t13-,15?/m1/s1. The summed E-state index contributed by atoms with van der Waals surface area (Å²) in [6.07, 6.45) is 5.01. The van der Waals surface area contributed by atoms with Crippen LogP contribution in [-0.4, -0.2) is 41.7 Å². The maximum absolute atomic E-state index is 12.9.